The second kappa shape index (κ2) is 30.1. The smallest absolute Gasteiger partial charge is 0.282 e. The molecule has 2 rings (SSSR count). The number of aryl methyl sites for hydroxylation is 2. The summed E-state index contributed by atoms with van der Waals surface area (Å²) in [5.74, 6) is 0. The van der Waals surface area contributed by atoms with Crippen molar-refractivity contribution >= 4 is 20.9 Å². The first-order chi connectivity index (χ1) is 24.5. The molecule has 0 amide bonds. The maximum atomic E-state index is 12.1. The summed E-state index contributed by atoms with van der Waals surface area (Å²) in [6.07, 6.45) is 45.6. The fraction of sp³-hybridized carbons (Fsp3) is 0.783. The Morgan fingerprint density at radius 2 is 0.760 bits per heavy atom. The molecular weight excluding hydrogens is 633 g/mol. The van der Waals surface area contributed by atoms with Gasteiger partial charge in [-0.1, -0.05) is 225 Å². The molecular formula is C46H80O3S. The quantitative estimate of drug-likeness (QED) is 0.0572. The third kappa shape index (κ3) is 22.5. The molecule has 1 N–H and O–H groups in total. The lowest BCUT2D eigenvalue weighted by atomic mass is 9.95. The van der Waals surface area contributed by atoms with Gasteiger partial charge >= 0.3 is 0 Å². The molecule has 2 aromatic rings. The number of hydrogen-bond acceptors (Lipinski definition) is 2. The van der Waals surface area contributed by atoms with Crippen LogP contribution in [-0.2, 0) is 23.0 Å². The van der Waals surface area contributed by atoms with Crippen LogP contribution in [-0.4, -0.2) is 13.0 Å². The van der Waals surface area contributed by atoms with Crippen LogP contribution in [0.5, 0.6) is 0 Å². The van der Waals surface area contributed by atoms with Crippen LogP contribution in [0.15, 0.2) is 35.2 Å². The number of unbranched alkanes of at least 4 members (excludes halogenated alkanes) is 30. The summed E-state index contributed by atoms with van der Waals surface area (Å²) in [4.78, 5) is 0.0297. The second-order valence-corrected chi connectivity index (χ2v) is 17.1. The molecule has 0 atom stereocenters. The van der Waals surface area contributed by atoms with Crippen LogP contribution in [0.2, 0.25) is 0 Å². The van der Waals surface area contributed by atoms with E-state index in [2.05, 4.69) is 32.0 Å². The third-order valence-electron chi connectivity index (χ3n) is 11.0. The van der Waals surface area contributed by atoms with Gasteiger partial charge in [0.2, 0.25) is 0 Å². The van der Waals surface area contributed by atoms with Crippen LogP contribution in [0, 0.1) is 0 Å². The van der Waals surface area contributed by atoms with E-state index < -0.39 is 10.1 Å². The summed E-state index contributed by atoms with van der Waals surface area (Å²) in [5, 5.41) is 2.08. The third-order valence-corrected chi connectivity index (χ3v) is 11.8. The molecule has 3 nitrogen and oxygen atoms in total. The van der Waals surface area contributed by atoms with Crippen molar-refractivity contribution in [3.05, 3.63) is 41.5 Å². The van der Waals surface area contributed by atoms with Crippen LogP contribution >= 0.6 is 0 Å². The Balaban J connectivity index is 1.61. The monoisotopic (exact) mass is 713 g/mol. The Labute approximate surface area is 311 Å². The van der Waals surface area contributed by atoms with Crippen LogP contribution in [0.1, 0.15) is 230 Å². The molecule has 0 saturated carbocycles. The van der Waals surface area contributed by atoms with Gasteiger partial charge in [-0.05, 0) is 59.7 Å². The van der Waals surface area contributed by atoms with Gasteiger partial charge in [-0.2, -0.15) is 8.42 Å². The van der Waals surface area contributed by atoms with Gasteiger partial charge in [-0.25, -0.2) is 0 Å². The van der Waals surface area contributed by atoms with Gasteiger partial charge in [-0.3, -0.25) is 4.55 Å². The van der Waals surface area contributed by atoms with E-state index >= 15 is 0 Å². The van der Waals surface area contributed by atoms with Crippen molar-refractivity contribution < 1.29 is 13.0 Å². The zero-order valence-corrected chi connectivity index (χ0v) is 33.9. The zero-order chi connectivity index (χ0) is 36.0. The Kier molecular flexibility index (Phi) is 27.0. The molecule has 0 aliphatic rings. The Hall–Kier alpha value is -1.39. The van der Waals surface area contributed by atoms with Gasteiger partial charge in [-0.15, -0.1) is 0 Å². The molecule has 0 heterocycles. The fourth-order valence-corrected chi connectivity index (χ4v) is 8.27. The van der Waals surface area contributed by atoms with Crippen LogP contribution in [0.3, 0.4) is 0 Å². The summed E-state index contributed by atoms with van der Waals surface area (Å²) in [6.45, 7) is 4.57. The predicted octanol–water partition coefficient (Wildman–Crippen LogP) is 15.7. The molecule has 0 spiro atoms. The van der Waals surface area contributed by atoms with Crippen LogP contribution in [0.25, 0.3) is 10.8 Å². The fourth-order valence-electron chi connectivity index (χ4n) is 7.70. The van der Waals surface area contributed by atoms with Gasteiger partial charge < -0.3 is 0 Å². The van der Waals surface area contributed by atoms with Gasteiger partial charge in [0.25, 0.3) is 10.1 Å². The minimum absolute atomic E-state index is 0.0297. The molecule has 0 fully saturated rings. The van der Waals surface area contributed by atoms with Crippen molar-refractivity contribution in [1.82, 2.24) is 0 Å². The SMILES string of the molecule is CCCCCCCCCCCCCCCCCCc1ccc2cc(S(=O)(=O)O)cc(CCCCCCCCCCCCCCCCCC)c2c1. The lowest BCUT2D eigenvalue weighted by Gasteiger charge is -2.12. The van der Waals surface area contributed by atoms with E-state index in [1.807, 2.05) is 0 Å². The molecule has 0 aliphatic heterocycles. The number of rotatable bonds is 35. The standard InChI is InChI=1S/C46H80O3S/c1-3-5-7-9-11-13-15-17-19-21-23-25-27-29-31-33-35-42-37-38-44-41-45(50(47,48)49)40-43(46(44)39-42)36-34-32-30-28-26-24-22-20-18-16-14-12-10-8-6-4-2/h37-41H,3-36H2,1-2H3,(H,47,48,49). The highest BCUT2D eigenvalue weighted by Gasteiger charge is 2.14. The van der Waals surface area contributed by atoms with Crippen molar-refractivity contribution in [3.63, 3.8) is 0 Å². The highest BCUT2D eigenvalue weighted by molar-refractivity contribution is 7.85. The van der Waals surface area contributed by atoms with Crippen molar-refractivity contribution in [2.24, 2.45) is 0 Å². The largest absolute Gasteiger partial charge is 0.294 e. The molecule has 50 heavy (non-hydrogen) atoms. The first kappa shape index (κ1) is 44.8. The van der Waals surface area contributed by atoms with E-state index in [1.165, 1.54) is 205 Å². The summed E-state index contributed by atoms with van der Waals surface area (Å²) >= 11 is 0. The summed E-state index contributed by atoms with van der Waals surface area (Å²) < 4.78 is 33.9. The minimum atomic E-state index is -4.23. The normalized spacial score (nSPS) is 12.0. The topological polar surface area (TPSA) is 54.4 Å². The predicted molar refractivity (Wildman–Crippen MR) is 220 cm³/mol. The lowest BCUT2D eigenvalue weighted by Crippen LogP contribution is -2.01. The van der Waals surface area contributed by atoms with Gasteiger partial charge in [0.05, 0.1) is 4.90 Å². The van der Waals surface area contributed by atoms with Crippen molar-refractivity contribution in [1.29, 1.82) is 0 Å². The molecule has 0 radical (unpaired) electrons. The molecule has 4 heteroatoms. The van der Waals surface area contributed by atoms with E-state index in [0.29, 0.717) is 0 Å². The molecule has 0 bridgehead atoms. The first-order valence-corrected chi connectivity index (χ1v) is 23.4. The summed E-state index contributed by atoms with van der Waals surface area (Å²) in [6, 6.07) is 9.86. The number of fused-ring (bicyclic) bond motifs is 1. The first-order valence-electron chi connectivity index (χ1n) is 22.0. The lowest BCUT2D eigenvalue weighted by molar-refractivity contribution is 0.483. The van der Waals surface area contributed by atoms with E-state index in [4.69, 9.17) is 0 Å². The zero-order valence-electron chi connectivity index (χ0n) is 33.1. The van der Waals surface area contributed by atoms with Gasteiger partial charge in [0, 0.05) is 0 Å². The molecule has 0 aliphatic carbocycles. The van der Waals surface area contributed by atoms with E-state index in [-0.39, 0.29) is 4.90 Å². The van der Waals surface area contributed by atoms with Gasteiger partial charge in [0.1, 0.15) is 0 Å². The van der Waals surface area contributed by atoms with E-state index in [0.717, 1.165) is 35.6 Å². The van der Waals surface area contributed by atoms with Gasteiger partial charge in [0.15, 0.2) is 0 Å². The molecule has 2 aromatic carbocycles. The molecule has 288 valence electrons. The average molecular weight is 713 g/mol. The second-order valence-electron chi connectivity index (χ2n) is 15.7. The highest BCUT2D eigenvalue weighted by atomic mass is 32.2. The Morgan fingerprint density at radius 1 is 0.420 bits per heavy atom. The number of benzene rings is 2. The molecule has 0 unspecified atom stereocenters. The van der Waals surface area contributed by atoms with Crippen LogP contribution in [0.4, 0.5) is 0 Å². The van der Waals surface area contributed by atoms with Crippen LogP contribution < -0.4 is 0 Å². The van der Waals surface area contributed by atoms with Crippen molar-refractivity contribution in [3.8, 4) is 0 Å². The molecule has 0 saturated heterocycles. The van der Waals surface area contributed by atoms with Crippen molar-refractivity contribution in [2.75, 3.05) is 0 Å². The number of hydrogen-bond donors (Lipinski definition) is 1. The Bertz CT molecular complexity index is 1190. The van der Waals surface area contributed by atoms with E-state index in [1.54, 1.807) is 12.1 Å². The summed E-state index contributed by atoms with van der Waals surface area (Å²) in [7, 11) is -4.23. The highest BCUT2D eigenvalue weighted by Crippen LogP contribution is 2.28. The minimum Gasteiger partial charge on any atom is -0.282 e. The average Bonchev–Trinajstić information content (AvgIpc) is 3.10. The summed E-state index contributed by atoms with van der Waals surface area (Å²) in [5.41, 5.74) is 2.41. The molecule has 0 aromatic heterocycles. The Morgan fingerprint density at radius 3 is 1.12 bits per heavy atom. The maximum absolute atomic E-state index is 12.1. The van der Waals surface area contributed by atoms with Crippen molar-refractivity contribution in [2.45, 2.75) is 237 Å². The maximum Gasteiger partial charge on any atom is 0.294 e. The van der Waals surface area contributed by atoms with E-state index in [9.17, 15) is 13.0 Å².